The molecular weight excluding hydrogens is 386 g/mol. The molecule has 1 aliphatic rings. The third-order valence-electron chi connectivity index (χ3n) is 5.44. The monoisotopic (exact) mass is 415 g/mol. The molecule has 2 aromatic rings. The van der Waals surface area contributed by atoms with Gasteiger partial charge in [0.05, 0.1) is 0 Å². The second kappa shape index (κ2) is 10.4. The Morgan fingerprint density at radius 2 is 1.41 bits per heavy atom. The van der Waals surface area contributed by atoms with Crippen LogP contribution in [0.2, 0.25) is 0 Å². The van der Waals surface area contributed by atoms with Gasteiger partial charge in [0.15, 0.2) is 0 Å². The van der Waals surface area contributed by atoms with Gasteiger partial charge in [-0.3, -0.25) is 9.59 Å². The number of nitrogens with two attached hydrogens (primary N) is 1. The number of rotatable bonds is 6. The van der Waals surface area contributed by atoms with Crippen LogP contribution in [-0.4, -0.2) is 47.8 Å². The zero-order valence-corrected chi connectivity index (χ0v) is 17.7. The Morgan fingerprint density at radius 1 is 0.897 bits per heavy atom. The Morgan fingerprint density at radius 3 is 2.00 bits per heavy atom. The molecule has 156 valence electrons. The van der Waals surface area contributed by atoms with Crippen LogP contribution in [0.3, 0.4) is 0 Å². The van der Waals surface area contributed by atoms with Crippen molar-refractivity contribution < 1.29 is 9.59 Å². The molecule has 1 aliphatic heterocycles. The molecule has 6 heteroatoms. The minimum atomic E-state index is -1.05. The molecule has 0 aliphatic carbocycles. The Bertz CT molecular complexity index is 788. The third kappa shape index (κ3) is 5.81. The summed E-state index contributed by atoms with van der Waals surface area (Å²) in [6.07, 6.45) is 2.30. The van der Waals surface area contributed by atoms with Gasteiger partial charge in [-0.05, 0) is 30.9 Å². The topological polar surface area (TPSA) is 66.6 Å². The molecule has 0 aromatic heterocycles. The van der Waals surface area contributed by atoms with Crippen LogP contribution in [0.5, 0.6) is 0 Å². The van der Waals surface area contributed by atoms with Crippen molar-refractivity contribution in [3.05, 3.63) is 71.8 Å². The molecule has 2 aromatic carbocycles. The van der Waals surface area contributed by atoms with Crippen LogP contribution >= 0.6 is 12.4 Å². The van der Waals surface area contributed by atoms with Crippen molar-refractivity contribution in [3.63, 3.8) is 0 Å². The minimum Gasteiger partial charge on any atom is -0.339 e. The molecule has 29 heavy (non-hydrogen) atoms. The van der Waals surface area contributed by atoms with Crippen LogP contribution in [0.25, 0.3) is 0 Å². The highest BCUT2D eigenvalue weighted by molar-refractivity contribution is 5.87. The van der Waals surface area contributed by atoms with E-state index in [2.05, 4.69) is 12.1 Å². The average molecular weight is 416 g/mol. The summed E-state index contributed by atoms with van der Waals surface area (Å²) in [6.45, 7) is 3.96. The number of halogens is 1. The number of carbonyl (C=O) groups excluding carboxylic acids is 2. The fraction of sp³-hybridized carbons (Fsp3) is 0.391. The van der Waals surface area contributed by atoms with E-state index in [4.69, 9.17) is 5.73 Å². The summed E-state index contributed by atoms with van der Waals surface area (Å²) in [5.74, 6) is 0.0801. The van der Waals surface area contributed by atoms with Crippen molar-refractivity contribution in [2.24, 2.45) is 5.73 Å². The van der Waals surface area contributed by atoms with E-state index >= 15 is 0 Å². The number of benzene rings is 2. The van der Waals surface area contributed by atoms with E-state index in [1.165, 1.54) is 5.56 Å². The first-order chi connectivity index (χ1) is 13.5. The number of aryl methyl sites for hydroxylation is 1. The van der Waals surface area contributed by atoms with Gasteiger partial charge < -0.3 is 15.5 Å². The molecule has 1 atom stereocenters. The van der Waals surface area contributed by atoms with E-state index < -0.39 is 5.54 Å². The standard InChI is InChI=1S/C23H29N3O2.ClH/c1-23(24,20-12-6-3-7-13-20)22(28)26-17-15-25(16-18-26)21(27)14-8-11-19-9-4-2-5-10-19;/h2-7,9-10,12-13H,8,11,14-18,24H2,1H3;1H. The molecule has 0 radical (unpaired) electrons. The van der Waals surface area contributed by atoms with Gasteiger partial charge in [-0.25, -0.2) is 0 Å². The summed E-state index contributed by atoms with van der Waals surface area (Å²) >= 11 is 0. The van der Waals surface area contributed by atoms with Gasteiger partial charge in [-0.15, -0.1) is 12.4 Å². The van der Waals surface area contributed by atoms with Gasteiger partial charge in [-0.2, -0.15) is 0 Å². The first-order valence-electron chi connectivity index (χ1n) is 9.94. The predicted molar refractivity (Wildman–Crippen MR) is 118 cm³/mol. The number of carbonyl (C=O) groups is 2. The largest absolute Gasteiger partial charge is 0.339 e. The van der Waals surface area contributed by atoms with Gasteiger partial charge >= 0.3 is 0 Å². The SMILES string of the molecule is CC(N)(C(=O)N1CCN(C(=O)CCCc2ccccc2)CC1)c1ccccc1.Cl. The number of hydrogen-bond acceptors (Lipinski definition) is 3. The maximum Gasteiger partial charge on any atom is 0.247 e. The van der Waals surface area contributed by atoms with Gasteiger partial charge in [0.2, 0.25) is 11.8 Å². The average Bonchev–Trinajstić information content (AvgIpc) is 2.74. The van der Waals surface area contributed by atoms with Crippen LogP contribution < -0.4 is 5.73 Å². The first-order valence-corrected chi connectivity index (χ1v) is 9.94. The van der Waals surface area contributed by atoms with Crippen LogP contribution in [-0.2, 0) is 21.5 Å². The van der Waals surface area contributed by atoms with E-state index in [-0.39, 0.29) is 24.2 Å². The lowest BCUT2D eigenvalue weighted by molar-refractivity contribution is -0.143. The van der Waals surface area contributed by atoms with E-state index in [0.29, 0.717) is 32.6 Å². The zero-order chi connectivity index (χ0) is 20.0. The summed E-state index contributed by atoms with van der Waals surface area (Å²) in [5, 5.41) is 0. The molecular formula is C23H30ClN3O2. The quantitative estimate of drug-likeness (QED) is 0.788. The van der Waals surface area contributed by atoms with Gasteiger partial charge in [0.1, 0.15) is 5.54 Å². The molecule has 5 nitrogen and oxygen atoms in total. The molecule has 1 unspecified atom stereocenters. The van der Waals surface area contributed by atoms with Crippen LogP contribution in [0, 0.1) is 0 Å². The summed E-state index contributed by atoms with van der Waals surface area (Å²) in [6, 6.07) is 19.7. The molecule has 2 N–H and O–H groups in total. The molecule has 0 spiro atoms. The summed E-state index contributed by atoms with van der Waals surface area (Å²) in [4.78, 5) is 29.0. The van der Waals surface area contributed by atoms with Crippen molar-refractivity contribution in [1.29, 1.82) is 0 Å². The Balaban J connectivity index is 0.00000300. The number of hydrogen-bond donors (Lipinski definition) is 1. The molecule has 1 fully saturated rings. The minimum absolute atomic E-state index is 0. The fourth-order valence-electron chi connectivity index (χ4n) is 3.64. The lowest BCUT2D eigenvalue weighted by Crippen LogP contribution is -2.57. The van der Waals surface area contributed by atoms with E-state index in [1.807, 2.05) is 53.4 Å². The smallest absolute Gasteiger partial charge is 0.247 e. The van der Waals surface area contributed by atoms with Crippen LogP contribution in [0.15, 0.2) is 60.7 Å². The molecule has 0 bridgehead atoms. The molecule has 1 saturated heterocycles. The summed E-state index contributed by atoms with van der Waals surface area (Å²) in [5.41, 5.74) is 7.37. The van der Waals surface area contributed by atoms with E-state index in [0.717, 1.165) is 18.4 Å². The lowest BCUT2D eigenvalue weighted by Gasteiger charge is -2.38. The third-order valence-corrected chi connectivity index (χ3v) is 5.44. The summed E-state index contributed by atoms with van der Waals surface area (Å²) < 4.78 is 0. The fourth-order valence-corrected chi connectivity index (χ4v) is 3.64. The second-order valence-corrected chi connectivity index (χ2v) is 7.58. The van der Waals surface area contributed by atoms with Crippen LogP contribution in [0.1, 0.15) is 30.9 Å². The van der Waals surface area contributed by atoms with Gasteiger partial charge in [0.25, 0.3) is 0 Å². The Kier molecular flexibility index (Phi) is 8.23. The molecule has 3 rings (SSSR count). The highest BCUT2D eigenvalue weighted by atomic mass is 35.5. The normalized spacial score (nSPS) is 15.9. The number of amides is 2. The van der Waals surface area contributed by atoms with Crippen molar-refractivity contribution in [2.45, 2.75) is 31.7 Å². The number of piperazine rings is 1. The van der Waals surface area contributed by atoms with Gasteiger partial charge in [0, 0.05) is 32.6 Å². The van der Waals surface area contributed by atoms with E-state index in [1.54, 1.807) is 11.8 Å². The van der Waals surface area contributed by atoms with Crippen LogP contribution in [0.4, 0.5) is 0 Å². The zero-order valence-electron chi connectivity index (χ0n) is 16.9. The highest BCUT2D eigenvalue weighted by Crippen LogP contribution is 2.21. The first kappa shape index (κ1) is 22.9. The van der Waals surface area contributed by atoms with Crippen molar-refractivity contribution >= 4 is 24.2 Å². The molecule has 1 heterocycles. The Hall–Kier alpha value is -2.37. The lowest BCUT2D eigenvalue weighted by atomic mass is 9.91. The number of nitrogens with zero attached hydrogens (tertiary/aromatic N) is 2. The van der Waals surface area contributed by atoms with Crippen molar-refractivity contribution in [2.75, 3.05) is 26.2 Å². The highest BCUT2D eigenvalue weighted by Gasteiger charge is 2.36. The van der Waals surface area contributed by atoms with Crippen molar-refractivity contribution in [3.8, 4) is 0 Å². The molecule has 0 saturated carbocycles. The predicted octanol–water partition coefficient (Wildman–Crippen LogP) is 2.98. The maximum absolute atomic E-state index is 12.9. The van der Waals surface area contributed by atoms with Crippen molar-refractivity contribution in [1.82, 2.24) is 9.80 Å². The Labute approximate surface area is 179 Å². The maximum atomic E-state index is 12.9. The second-order valence-electron chi connectivity index (χ2n) is 7.58. The summed E-state index contributed by atoms with van der Waals surface area (Å²) in [7, 11) is 0. The molecule has 2 amide bonds. The van der Waals surface area contributed by atoms with E-state index in [9.17, 15) is 9.59 Å². The van der Waals surface area contributed by atoms with Gasteiger partial charge in [-0.1, -0.05) is 60.7 Å².